The van der Waals surface area contributed by atoms with E-state index in [2.05, 4.69) is 0 Å². The number of nitrogens with zero attached hydrogens (tertiary/aromatic N) is 1. The molecule has 28 heavy (non-hydrogen) atoms. The molecule has 0 saturated carbocycles. The summed E-state index contributed by atoms with van der Waals surface area (Å²) in [6.45, 7) is 1.95. The van der Waals surface area contributed by atoms with Crippen LogP contribution in [0.1, 0.15) is 18.9 Å². The Hall–Kier alpha value is -3.22. The van der Waals surface area contributed by atoms with E-state index in [1.807, 2.05) is 6.92 Å². The molecule has 0 N–H and O–H groups in total. The lowest BCUT2D eigenvalue weighted by Crippen LogP contribution is -2.11. The normalized spacial score (nSPS) is 12.3. The molecule has 3 aromatic heterocycles. The van der Waals surface area contributed by atoms with Gasteiger partial charge in [-0.2, -0.15) is 0 Å². The number of halogens is 4. The third-order valence-corrected chi connectivity index (χ3v) is 5.26. The van der Waals surface area contributed by atoms with Crippen LogP contribution in [0.5, 0.6) is 0 Å². The van der Waals surface area contributed by atoms with Gasteiger partial charge in [-0.1, -0.05) is 13.3 Å². The van der Waals surface area contributed by atoms with Crippen molar-refractivity contribution in [1.82, 2.24) is 4.40 Å². The van der Waals surface area contributed by atoms with E-state index >= 15 is 0 Å². The fourth-order valence-electron chi connectivity index (χ4n) is 4.13. The number of aryl methyl sites for hydroxylation is 1. The molecule has 0 spiro atoms. The summed E-state index contributed by atoms with van der Waals surface area (Å²) in [5, 5.41) is -0.670. The first kappa shape index (κ1) is 16.9. The standard InChI is InChI=1S/C21H11F4NO2/c1-2-3-8-4-9-13(27)6-11-15-16(18(23)20(25)19(24)17(15)22)12-7-14(28)10(5-8)21(9)26(11)12/h4-7H,2-3H2,1H3. The van der Waals surface area contributed by atoms with Gasteiger partial charge in [-0.15, -0.1) is 0 Å². The van der Waals surface area contributed by atoms with Gasteiger partial charge in [-0.05, 0) is 24.1 Å². The van der Waals surface area contributed by atoms with Gasteiger partial charge in [0.25, 0.3) is 0 Å². The molecule has 0 fully saturated rings. The van der Waals surface area contributed by atoms with Crippen molar-refractivity contribution in [3.63, 3.8) is 0 Å². The Balaban J connectivity index is 2.19. The zero-order valence-corrected chi connectivity index (χ0v) is 14.5. The van der Waals surface area contributed by atoms with Crippen molar-refractivity contribution in [3.8, 4) is 0 Å². The summed E-state index contributed by atoms with van der Waals surface area (Å²) in [5.41, 5.74) is -0.241. The lowest BCUT2D eigenvalue weighted by Gasteiger charge is -2.10. The SMILES string of the molecule is CCCc1cc2c(=O)cc3c4c(F)c(F)c(F)c(F)c4c4cc(=O)c(c1)c2n34. The van der Waals surface area contributed by atoms with Crippen LogP contribution in [-0.4, -0.2) is 4.40 Å². The number of rotatable bonds is 2. The summed E-state index contributed by atoms with van der Waals surface area (Å²) < 4.78 is 58.1. The first-order chi connectivity index (χ1) is 13.3. The van der Waals surface area contributed by atoms with Crippen LogP contribution in [0.25, 0.3) is 38.1 Å². The van der Waals surface area contributed by atoms with Crippen molar-refractivity contribution >= 4 is 38.1 Å². The van der Waals surface area contributed by atoms with Gasteiger partial charge in [0, 0.05) is 22.9 Å². The van der Waals surface area contributed by atoms with Gasteiger partial charge in [-0.3, -0.25) is 9.59 Å². The third-order valence-electron chi connectivity index (χ3n) is 5.26. The van der Waals surface area contributed by atoms with E-state index in [9.17, 15) is 27.2 Å². The predicted molar refractivity (Wildman–Crippen MR) is 98.7 cm³/mol. The summed E-state index contributed by atoms with van der Waals surface area (Å²) >= 11 is 0. The highest BCUT2D eigenvalue weighted by molar-refractivity contribution is 6.14. The van der Waals surface area contributed by atoms with Gasteiger partial charge in [0.05, 0.1) is 27.3 Å². The van der Waals surface area contributed by atoms with E-state index in [1.165, 1.54) is 4.40 Å². The summed E-state index contributed by atoms with van der Waals surface area (Å²) in [5.74, 6) is -7.10. The lowest BCUT2D eigenvalue weighted by molar-refractivity contribution is 0.418. The van der Waals surface area contributed by atoms with Crippen LogP contribution in [-0.2, 0) is 6.42 Å². The highest BCUT2D eigenvalue weighted by atomic mass is 19.2. The first-order valence-electron chi connectivity index (χ1n) is 8.71. The monoisotopic (exact) mass is 385 g/mol. The number of benzene rings is 2. The minimum Gasteiger partial charge on any atom is -0.307 e. The van der Waals surface area contributed by atoms with Crippen molar-refractivity contribution in [1.29, 1.82) is 0 Å². The van der Waals surface area contributed by atoms with Crippen LogP contribution in [0.4, 0.5) is 17.6 Å². The van der Waals surface area contributed by atoms with Gasteiger partial charge in [0.2, 0.25) is 0 Å². The van der Waals surface area contributed by atoms with Crippen LogP contribution in [0.15, 0.2) is 33.9 Å². The van der Waals surface area contributed by atoms with E-state index in [4.69, 9.17) is 0 Å². The Morgan fingerprint density at radius 2 is 1.21 bits per heavy atom. The van der Waals surface area contributed by atoms with Crippen LogP contribution in [0.3, 0.4) is 0 Å². The minimum atomic E-state index is -1.96. The van der Waals surface area contributed by atoms with Crippen molar-refractivity contribution in [2.24, 2.45) is 0 Å². The van der Waals surface area contributed by atoms with Gasteiger partial charge in [0.15, 0.2) is 34.1 Å². The molecule has 5 rings (SSSR count). The Morgan fingerprint density at radius 3 is 1.64 bits per heavy atom. The maximum Gasteiger partial charge on any atom is 0.198 e. The summed E-state index contributed by atoms with van der Waals surface area (Å²) in [6.07, 6.45) is 1.45. The highest BCUT2D eigenvalue weighted by Gasteiger charge is 2.28. The molecule has 0 unspecified atom stereocenters. The molecule has 0 aliphatic heterocycles. The van der Waals surface area contributed by atoms with Gasteiger partial charge in [0.1, 0.15) is 0 Å². The molecule has 3 heterocycles. The zero-order chi connectivity index (χ0) is 19.9. The second-order valence-corrected chi connectivity index (χ2v) is 6.92. The molecule has 0 atom stereocenters. The molecule has 3 nitrogen and oxygen atoms in total. The third kappa shape index (κ3) is 1.88. The molecule has 7 heteroatoms. The number of hydrogen-bond donors (Lipinski definition) is 0. The Bertz CT molecular complexity index is 1450. The molecule has 5 aromatic rings. The van der Waals surface area contributed by atoms with Gasteiger partial charge >= 0.3 is 0 Å². The minimum absolute atomic E-state index is 0.106. The summed E-state index contributed by atoms with van der Waals surface area (Å²) in [6, 6.07) is 5.42. The van der Waals surface area contributed by atoms with E-state index in [0.717, 1.165) is 24.1 Å². The molecule has 0 aliphatic rings. The predicted octanol–water partition coefficient (Wildman–Crippen LogP) is 4.50. The summed E-state index contributed by atoms with van der Waals surface area (Å²) in [4.78, 5) is 25.4. The quantitative estimate of drug-likeness (QED) is 0.255. The molecule has 0 bridgehead atoms. The van der Waals surface area contributed by atoms with Crippen LogP contribution >= 0.6 is 0 Å². The van der Waals surface area contributed by atoms with Crippen molar-refractivity contribution < 1.29 is 17.6 Å². The Morgan fingerprint density at radius 1 is 0.750 bits per heavy atom. The number of hydrogen-bond acceptors (Lipinski definition) is 2. The molecular formula is C21H11F4NO2. The van der Waals surface area contributed by atoms with E-state index in [0.29, 0.717) is 6.42 Å². The first-order valence-corrected chi connectivity index (χ1v) is 8.71. The number of pyridine rings is 2. The van der Waals surface area contributed by atoms with Crippen molar-refractivity contribution in [3.05, 3.63) is 73.5 Å². The average Bonchev–Trinajstić information content (AvgIpc) is 2.99. The number of aromatic nitrogens is 1. The maximum absolute atomic E-state index is 14.5. The topological polar surface area (TPSA) is 38.5 Å². The molecule has 0 saturated heterocycles. The lowest BCUT2D eigenvalue weighted by atomic mass is 10.0. The Labute approximate surface area is 154 Å². The Kier molecular flexibility index (Phi) is 3.27. The van der Waals surface area contributed by atoms with Crippen molar-refractivity contribution in [2.75, 3.05) is 0 Å². The molecule has 2 aromatic carbocycles. The van der Waals surface area contributed by atoms with Crippen LogP contribution in [0, 0.1) is 23.3 Å². The maximum atomic E-state index is 14.5. The molecule has 0 radical (unpaired) electrons. The smallest absolute Gasteiger partial charge is 0.198 e. The van der Waals surface area contributed by atoms with Gasteiger partial charge < -0.3 is 4.40 Å². The summed E-state index contributed by atoms with van der Waals surface area (Å²) in [7, 11) is 0. The van der Waals surface area contributed by atoms with Gasteiger partial charge in [-0.25, -0.2) is 17.6 Å². The van der Waals surface area contributed by atoms with Crippen LogP contribution in [0.2, 0.25) is 0 Å². The molecule has 140 valence electrons. The largest absolute Gasteiger partial charge is 0.307 e. The molecule has 0 amide bonds. The second-order valence-electron chi connectivity index (χ2n) is 6.92. The van der Waals surface area contributed by atoms with E-state index < -0.39 is 44.9 Å². The number of fused-ring (bicyclic) bond motifs is 3. The molecule has 0 aliphatic carbocycles. The fourth-order valence-corrected chi connectivity index (χ4v) is 4.13. The fraction of sp³-hybridized carbons (Fsp3) is 0.143. The van der Waals surface area contributed by atoms with Crippen LogP contribution < -0.4 is 10.9 Å². The zero-order valence-electron chi connectivity index (χ0n) is 14.5. The molecular weight excluding hydrogens is 374 g/mol. The van der Waals surface area contributed by atoms with E-state index in [-0.39, 0.29) is 27.3 Å². The van der Waals surface area contributed by atoms with Crippen molar-refractivity contribution in [2.45, 2.75) is 19.8 Å². The second kappa shape index (κ2) is 5.41. The van der Waals surface area contributed by atoms with E-state index in [1.54, 1.807) is 12.1 Å². The highest BCUT2D eigenvalue weighted by Crippen LogP contribution is 2.37. The average molecular weight is 385 g/mol.